The van der Waals surface area contributed by atoms with Gasteiger partial charge >= 0.3 is 0 Å². The summed E-state index contributed by atoms with van der Waals surface area (Å²) in [6, 6.07) is 20.9. The summed E-state index contributed by atoms with van der Waals surface area (Å²) >= 11 is 0. The Bertz CT molecular complexity index is 1160. The van der Waals surface area contributed by atoms with Crippen LogP contribution in [-0.2, 0) is 6.54 Å². The van der Waals surface area contributed by atoms with E-state index in [1.54, 1.807) is 12.3 Å². The smallest absolute Gasteiger partial charge is 0.274 e. The SMILES string of the molecule is Cc1ccc(C)c(NC(=O)c2cc(NCc3ccco3)nc(-c3ccccc3)n2)c1. The maximum Gasteiger partial charge on any atom is 0.274 e. The zero-order valence-corrected chi connectivity index (χ0v) is 16.8. The average Bonchev–Trinajstić information content (AvgIpc) is 3.29. The number of aromatic nitrogens is 2. The number of hydrogen-bond acceptors (Lipinski definition) is 5. The molecule has 2 N–H and O–H groups in total. The van der Waals surface area contributed by atoms with Crippen molar-refractivity contribution in [2.45, 2.75) is 20.4 Å². The van der Waals surface area contributed by atoms with E-state index in [0.717, 1.165) is 28.1 Å². The Kier molecular flexibility index (Phi) is 5.57. The number of nitrogens with zero attached hydrogens (tertiary/aromatic N) is 2. The number of amides is 1. The Balaban J connectivity index is 1.65. The Morgan fingerprint density at radius 1 is 0.967 bits per heavy atom. The minimum atomic E-state index is -0.288. The van der Waals surface area contributed by atoms with Crippen molar-refractivity contribution in [2.75, 3.05) is 10.6 Å². The van der Waals surface area contributed by atoms with Gasteiger partial charge in [0.1, 0.15) is 17.3 Å². The quantitative estimate of drug-likeness (QED) is 0.466. The van der Waals surface area contributed by atoms with Gasteiger partial charge < -0.3 is 15.1 Å². The van der Waals surface area contributed by atoms with E-state index in [2.05, 4.69) is 20.6 Å². The van der Waals surface area contributed by atoms with Gasteiger partial charge in [-0.1, -0.05) is 42.5 Å². The molecule has 0 aliphatic heterocycles. The van der Waals surface area contributed by atoms with Crippen LogP contribution in [0.2, 0.25) is 0 Å². The molecule has 30 heavy (non-hydrogen) atoms. The summed E-state index contributed by atoms with van der Waals surface area (Å²) in [6.45, 7) is 4.40. The number of furan rings is 1. The molecule has 4 rings (SSSR count). The van der Waals surface area contributed by atoms with Crippen LogP contribution in [0.4, 0.5) is 11.5 Å². The summed E-state index contributed by atoms with van der Waals surface area (Å²) in [5.41, 5.74) is 3.95. The normalized spacial score (nSPS) is 10.6. The van der Waals surface area contributed by atoms with Gasteiger partial charge in [0.05, 0.1) is 12.8 Å². The molecule has 150 valence electrons. The van der Waals surface area contributed by atoms with Gasteiger partial charge in [-0.05, 0) is 43.2 Å². The second-order valence-corrected chi connectivity index (χ2v) is 7.03. The molecule has 2 aromatic heterocycles. The van der Waals surface area contributed by atoms with Crippen LogP contribution in [0.15, 0.2) is 77.4 Å². The average molecular weight is 398 g/mol. The highest BCUT2D eigenvalue weighted by Gasteiger charge is 2.14. The lowest BCUT2D eigenvalue weighted by atomic mass is 10.1. The first-order chi connectivity index (χ1) is 14.6. The van der Waals surface area contributed by atoms with Crippen molar-refractivity contribution in [3.05, 3.63) is 95.6 Å². The third-order valence-corrected chi connectivity index (χ3v) is 4.66. The summed E-state index contributed by atoms with van der Waals surface area (Å²) in [6.07, 6.45) is 1.62. The molecule has 0 fully saturated rings. The zero-order chi connectivity index (χ0) is 20.9. The highest BCUT2D eigenvalue weighted by Crippen LogP contribution is 2.21. The molecule has 1 amide bonds. The van der Waals surface area contributed by atoms with Crippen LogP contribution in [0.3, 0.4) is 0 Å². The van der Waals surface area contributed by atoms with Crippen LogP contribution in [0.1, 0.15) is 27.4 Å². The standard InChI is InChI=1S/C24H22N4O2/c1-16-10-11-17(2)20(13-16)27-24(29)21-14-22(25-15-19-9-6-12-30-19)28-23(26-21)18-7-4-3-5-8-18/h3-14H,15H2,1-2H3,(H,27,29)(H,25,26,28). The molecule has 6 nitrogen and oxygen atoms in total. The number of carbonyl (C=O) groups is 1. The number of benzene rings is 2. The molecule has 2 heterocycles. The Hall–Kier alpha value is -3.93. The van der Waals surface area contributed by atoms with Gasteiger partial charge in [0, 0.05) is 17.3 Å². The van der Waals surface area contributed by atoms with Crippen molar-refractivity contribution in [3.8, 4) is 11.4 Å². The Labute approximate surface area is 175 Å². The maximum absolute atomic E-state index is 13.0. The minimum Gasteiger partial charge on any atom is -0.467 e. The first kappa shape index (κ1) is 19.4. The number of aryl methyl sites for hydroxylation is 2. The molecule has 0 radical (unpaired) electrons. The second-order valence-electron chi connectivity index (χ2n) is 7.03. The molecule has 0 saturated carbocycles. The fourth-order valence-electron chi connectivity index (χ4n) is 3.02. The van der Waals surface area contributed by atoms with E-state index >= 15 is 0 Å². The van der Waals surface area contributed by atoms with Crippen molar-refractivity contribution in [1.29, 1.82) is 0 Å². The third kappa shape index (κ3) is 4.55. The predicted octanol–water partition coefficient (Wildman–Crippen LogP) is 5.22. The molecule has 2 aromatic carbocycles. The summed E-state index contributed by atoms with van der Waals surface area (Å²) < 4.78 is 5.37. The lowest BCUT2D eigenvalue weighted by Crippen LogP contribution is -2.16. The van der Waals surface area contributed by atoms with Crippen molar-refractivity contribution in [2.24, 2.45) is 0 Å². The number of nitrogens with one attached hydrogen (secondary N) is 2. The minimum absolute atomic E-state index is 0.284. The monoisotopic (exact) mass is 398 g/mol. The van der Waals surface area contributed by atoms with Crippen molar-refractivity contribution < 1.29 is 9.21 Å². The molecule has 6 heteroatoms. The molecule has 0 spiro atoms. The van der Waals surface area contributed by atoms with Crippen molar-refractivity contribution in [1.82, 2.24) is 9.97 Å². The second kappa shape index (κ2) is 8.61. The molecule has 0 atom stereocenters. The van der Waals surface area contributed by atoms with Gasteiger partial charge in [0.15, 0.2) is 5.82 Å². The highest BCUT2D eigenvalue weighted by molar-refractivity contribution is 6.04. The van der Waals surface area contributed by atoms with Gasteiger partial charge in [-0.15, -0.1) is 0 Å². The van der Waals surface area contributed by atoms with E-state index < -0.39 is 0 Å². The summed E-state index contributed by atoms with van der Waals surface area (Å²) in [4.78, 5) is 22.1. The molecular formula is C24H22N4O2. The van der Waals surface area contributed by atoms with Crippen LogP contribution in [0.25, 0.3) is 11.4 Å². The fraction of sp³-hybridized carbons (Fsp3) is 0.125. The first-order valence-electron chi connectivity index (χ1n) is 9.68. The molecule has 0 saturated heterocycles. The van der Waals surface area contributed by atoms with Crippen molar-refractivity contribution >= 4 is 17.4 Å². The zero-order valence-electron chi connectivity index (χ0n) is 16.8. The number of rotatable bonds is 6. The van der Waals surface area contributed by atoms with Crippen LogP contribution in [-0.4, -0.2) is 15.9 Å². The Morgan fingerprint density at radius 2 is 1.80 bits per heavy atom. The molecule has 0 aliphatic rings. The number of hydrogen-bond donors (Lipinski definition) is 2. The van der Waals surface area contributed by atoms with Gasteiger partial charge in [-0.3, -0.25) is 4.79 Å². The number of carbonyl (C=O) groups excluding carboxylic acids is 1. The summed E-state index contributed by atoms with van der Waals surface area (Å²) in [5.74, 6) is 1.51. The molecule has 4 aromatic rings. The third-order valence-electron chi connectivity index (χ3n) is 4.66. The van der Waals surface area contributed by atoms with E-state index in [-0.39, 0.29) is 11.6 Å². The largest absolute Gasteiger partial charge is 0.467 e. The van der Waals surface area contributed by atoms with Crippen LogP contribution in [0, 0.1) is 13.8 Å². The van der Waals surface area contributed by atoms with Crippen LogP contribution >= 0.6 is 0 Å². The highest BCUT2D eigenvalue weighted by atomic mass is 16.3. The predicted molar refractivity (Wildman–Crippen MR) is 117 cm³/mol. The van der Waals surface area contributed by atoms with Gasteiger partial charge in [0.25, 0.3) is 5.91 Å². The fourth-order valence-corrected chi connectivity index (χ4v) is 3.02. The Morgan fingerprint density at radius 3 is 2.57 bits per heavy atom. The van der Waals surface area contributed by atoms with E-state index in [9.17, 15) is 4.79 Å². The topological polar surface area (TPSA) is 80.0 Å². The molecule has 0 bridgehead atoms. The number of anilines is 2. The van der Waals surface area contributed by atoms with Gasteiger partial charge in [-0.25, -0.2) is 9.97 Å². The van der Waals surface area contributed by atoms with E-state index in [1.807, 2.05) is 74.5 Å². The van der Waals surface area contributed by atoms with Crippen LogP contribution < -0.4 is 10.6 Å². The lowest BCUT2D eigenvalue weighted by Gasteiger charge is -2.12. The molecule has 0 unspecified atom stereocenters. The lowest BCUT2D eigenvalue weighted by molar-refractivity contribution is 0.102. The van der Waals surface area contributed by atoms with Crippen LogP contribution in [0.5, 0.6) is 0 Å². The van der Waals surface area contributed by atoms with Gasteiger partial charge in [-0.2, -0.15) is 0 Å². The molecule has 0 aliphatic carbocycles. The summed E-state index contributed by atoms with van der Waals surface area (Å²) in [5, 5.41) is 6.18. The van der Waals surface area contributed by atoms with E-state index in [1.165, 1.54) is 0 Å². The van der Waals surface area contributed by atoms with Gasteiger partial charge in [0.2, 0.25) is 0 Å². The summed E-state index contributed by atoms with van der Waals surface area (Å²) in [7, 11) is 0. The molecular weight excluding hydrogens is 376 g/mol. The first-order valence-corrected chi connectivity index (χ1v) is 9.68. The van der Waals surface area contributed by atoms with Crippen molar-refractivity contribution in [3.63, 3.8) is 0 Å². The van der Waals surface area contributed by atoms with E-state index in [4.69, 9.17) is 4.42 Å². The van der Waals surface area contributed by atoms with E-state index in [0.29, 0.717) is 18.2 Å². The maximum atomic E-state index is 13.0.